The molecule has 0 aliphatic heterocycles. The zero-order valence-corrected chi connectivity index (χ0v) is 28.6. The summed E-state index contributed by atoms with van der Waals surface area (Å²) in [7, 11) is -4.18. The van der Waals surface area contributed by atoms with E-state index in [-0.39, 0.29) is 29.8 Å². The van der Waals surface area contributed by atoms with Crippen LogP contribution in [0.1, 0.15) is 48.8 Å². The quantitative estimate of drug-likeness (QED) is 0.166. The van der Waals surface area contributed by atoms with Crippen molar-refractivity contribution in [1.82, 2.24) is 10.2 Å². The van der Waals surface area contributed by atoms with Crippen molar-refractivity contribution in [2.75, 3.05) is 10.8 Å². The van der Waals surface area contributed by atoms with Crippen LogP contribution in [-0.2, 0) is 32.6 Å². The molecule has 0 bridgehead atoms. The lowest BCUT2D eigenvalue weighted by atomic mass is 9.94. The summed E-state index contributed by atoms with van der Waals surface area (Å²) in [6.07, 6.45) is 5.11. The van der Waals surface area contributed by atoms with Crippen LogP contribution in [0.4, 0.5) is 5.69 Å². The molecule has 2 amide bonds. The predicted molar refractivity (Wildman–Crippen MR) is 188 cm³/mol. The second kappa shape index (κ2) is 15.8. The van der Waals surface area contributed by atoms with Gasteiger partial charge in [-0.25, -0.2) is 8.42 Å². The molecule has 0 radical (unpaired) electrons. The summed E-state index contributed by atoms with van der Waals surface area (Å²) < 4.78 is 29.4. The first-order valence-corrected chi connectivity index (χ1v) is 18.0. The first-order valence-electron chi connectivity index (χ1n) is 15.8. The van der Waals surface area contributed by atoms with Crippen LogP contribution in [0.3, 0.4) is 0 Å². The molecule has 1 N–H and O–H groups in total. The number of nitrogens with one attached hydrogen (secondary N) is 1. The van der Waals surface area contributed by atoms with Gasteiger partial charge < -0.3 is 10.2 Å². The number of aryl methyl sites for hydroxylation is 1. The van der Waals surface area contributed by atoms with Gasteiger partial charge in [0.1, 0.15) is 12.6 Å². The van der Waals surface area contributed by atoms with E-state index in [1.807, 2.05) is 37.3 Å². The fourth-order valence-corrected chi connectivity index (χ4v) is 7.86. The molecule has 1 fully saturated rings. The number of sulfonamides is 1. The van der Waals surface area contributed by atoms with Crippen molar-refractivity contribution in [3.05, 3.63) is 130 Å². The van der Waals surface area contributed by atoms with Gasteiger partial charge in [-0.1, -0.05) is 115 Å². The highest BCUT2D eigenvalue weighted by molar-refractivity contribution is 7.92. The van der Waals surface area contributed by atoms with Crippen LogP contribution in [0.15, 0.2) is 108 Å². The molecule has 1 saturated carbocycles. The topological polar surface area (TPSA) is 86.8 Å². The fraction of sp³-hybridized carbons (Fsp3) is 0.297. The van der Waals surface area contributed by atoms with Crippen LogP contribution >= 0.6 is 23.2 Å². The van der Waals surface area contributed by atoms with E-state index in [0.717, 1.165) is 47.5 Å². The number of halogens is 2. The Morgan fingerprint density at radius 1 is 0.809 bits per heavy atom. The van der Waals surface area contributed by atoms with E-state index in [2.05, 4.69) is 5.32 Å². The average molecular weight is 693 g/mol. The summed E-state index contributed by atoms with van der Waals surface area (Å²) in [6, 6.07) is 28.5. The van der Waals surface area contributed by atoms with E-state index < -0.39 is 28.5 Å². The van der Waals surface area contributed by atoms with E-state index >= 15 is 0 Å². The number of hydrogen-bond acceptors (Lipinski definition) is 4. The van der Waals surface area contributed by atoms with Gasteiger partial charge in [0.25, 0.3) is 10.0 Å². The highest BCUT2D eigenvalue weighted by Gasteiger charge is 2.36. The van der Waals surface area contributed by atoms with Crippen molar-refractivity contribution in [2.24, 2.45) is 0 Å². The molecule has 1 aliphatic rings. The number of carbonyl (C=O) groups is 2. The summed E-state index contributed by atoms with van der Waals surface area (Å²) in [5.74, 6) is -0.870. The monoisotopic (exact) mass is 691 g/mol. The van der Waals surface area contributed by atoms with Gasteiger partial charge in [-0.15, -0.1) is 0 Å². The Morgan fingerprint density at radius 2 is 1.40 bits per heavy atom. The minimum Gasteiger partial charge on any atom is -0.352 e. The van der Waals surface area contributed by atoms with Crippen LogP contribution in [0.2, 0.25) is 10.0 Å². The largest absolute Gasteiger partial charge is 0.352 e. The number of nitrogens with zero attached hydrogens (tertiary/aromatic N) is 2. The summed E-state index contributed by atoms with van der Waals surface area (Å²) in [4.78, 5) is 30.4. The van der Waals surface area contributed by atoms with Crippen LogP contribution in [-0.4, -0.2) is 43.8 Å². The first kappa shape index (κ1) is 34.5. The Kier molecular flexibility index (Phi) is 11.6. The molecular formula is C37H39Cl2N3O4S. The molecule has 4 aromatic rings. The molecule has 47 heavy (non-hydrogen) atoms. The lowest BCUT2D eigenvalue weighted by Crippen LogP contribution is -2.55. The van der Waals surface area contributed by atoms with E-state index in [1.165, 1.54) is 17.0 Å². The van der Waals surface area contributed by atoms with Crippen molar-refractivity contribution in [3.8, 4) is 0 Å². The molecule has 7 nitrogen and oxygen atoms in total. The van der Waals surface area contributed by atoms with Crippen molar-refractivity contribution in [3.63, 3.8) is 0 Å². The molecule has 246 valence electrons. The van der Waals surface area contributed by atoms with E-state index in [0.29, 0.717) is 21.3 Å². The third kappa shape index (κ3) is 8.74. The minimum atomic E-state index is -4.18. The Balaban J connectivity index is 1.58. The molecule has 0 heterocycles. The molecule has 1 unspecified atom stereocenters. The maximum atomic E-state index is 14.7. The van der Waals surface area contributed by atoms with E-state index in [1.54, 1.807) is 60.7 Å². The lowest BCUT2D eigenvalue weighted by molar-refractivity contribution is -0.140. The van der Waals surface area contributed by atoms with Gasteiger partial charge in [0.05, 0.1) is 10.6 Å². The molecule has 4 aromatic carbocycles. The molecule has 10 heteroatoms. The number of anilines is 1. The zero-order chi connectivity index (χ0) is 33.4. The van der Waals surface area contributed by atoms with Gasteiger partial charge in [-0.05, 0) is 61.7 Å². The maximum Gasteiger partial charge on any atom is 0.264 e. The summed E-state index contributed by atoms with van der Waals surface area (Å²) >= 11 is 13.2. The van der Waals surface area contributed by atoms with Crippen molar-refractivity contribution < 1.29 is 18.0 Å². The zero-order valence-electron chi connectivity index (χ0n) is 26.3. The van der Waals surface area contributed by atoms with E-state index in [9.17, 15) is 18.0 Å². The highest BCUT2D eigenvalue weighted by atomic mass is 35.5. The lowest BCUT2D eigenvalue weighted by Gasteiger charge is -2.35. The second-order valence-corrected chi connectivity index (χ2v) is 14.6. The smallest absolute Gasteiger partial charge is 0.264 e. The highest BCUT2D eigenvalue weighted by Crippen LogP contribution is 2.29. The molecular weight excluding hydrogens is 653 g/mol. The molecule has 1 atom stereocenters. The second-order valence-electron chi connectivity index (χ2n) is 11.9. The number of carbonyl (C=O) groups excluding carboxylic acids is 2. The minimum absolute atomic E-state index is 0.00195. The Hall–Kier alpha value is -3.85. The summed E-state index contributed by atoms with van der Waals surface area (Å²) in [5.41, 5.74) is 2.59. The summed E-state index contributed by atoms with van der Waals surface area (Å²) in [5, 5.41) is 3.89. The van der Waals surface area contributed by atoms with Crippen LogP contribution in [0.25, 0.3) is 0 Å². The maximum absolute atomic E-state index is 14.7. The van der Waals surface area contributed by atoms with Crippen LogP contribution in [0, 0.1) is 6.92 Å². The number of amides is 2. The van der Waals surface area contributed by atoms with Crippen molar-refractivity contribution in [2.45, 2.75) is 69.0 Å². The van der Waals surface area contributed by atoms with Crippen LogP contribution < -0.4 is 9.62 Å². The Morgan fingerprint density at radius 3 is 2.02 bits per heavy atom. The van der Waals surface area contributed by atoms with Gasteiger partial charge in [0.2, 0.25) is 11.8 Å². The van der Waals surface area contributed by atoms with Crippen molar-refractivity contribution in [1.29, 1.82) is 0 Å². The van der Waals surface area contributed by atoms with Gasteiger partial charge in [-0.2, -0.15) is 0 Å². The van der Waals surface area contributed by atoms with Gasteiger partial charge in [0, 0.05) is 34.6 Å². The standard InChI is InChI=1S/C37H39Cl2N3O4S/c1-27-20-22-30(23-21-27)42(47(45,46)31-16-9-4-10-17-31)26-36(43)41(25-32-33(38)18-11-19-34(32)39)35(24-28-12-5-2-6-13-28)37(44)40-29-14-7-3-8-15-29/h2,4-6,9-13,16-23,29,35H,3,7-8,14-15,24-26H2,1H3,(H,40,44). The Labute approximate surface area is 287 Å². The number of benzene rings is 4. The Bertz CT molecular complexity index is 1740. The molecule has 0 spiro atoms. The fourth-order valence-electron chi connectivity index (χ4n) is 5.91. The first-order chi connectivity index (χ1) is 22.6. The molecule has 0 aromatic heterocycles. The predicted octanol–water partition coefficient (Wildman–Crippen LogP) is 7.59. The SMILES string of the molecule is Cc1ccc(N(CC(=O)N(Cc2c(Cl)cccc2Cl)C(Cc2ccccc2)C(=O)NC2CCCCC2)S(=O)(=O)c2ccccc2)cc1. The average Bonchev–Trinajstić information content (AvgIpc) is 3.08. The summed E-state index contributed by atoms with van der Waals surface area (Å²) in [6.45, 7) is 1.25. The molecule has 0 saturated heterocycles. The van der Waals surface area contributed by atoms with Gasteiger partial charge >= 0.3 is 0 Å². The normalized spacial score (nSPS) is 14.3. The third-order valence-corrected chi connectivity index (χ3v) is 11.0. The van der Waals surface area contributed by atoms with Gasteiger partial charge in [-0.3, -0.25) is 13.9 Å². The van der Waals surface area contributed by atoms with E-state index in [4.69, 9.17) is 23.2 Å². The third-order valence-electron chi connectivity index (χ3n) is 8.54. The van der Waals surface area contributed by atoms with Crippen molar-refractivity contribution >= 4 is 50.7 Å². The van der Waals surface area contributed by atoms with Crippen LogP contribution in [0.5, 0.6) is 0 Å². The molecule has 1 aliphatic carbocycles. The number of hydrogen-bond donors (Lipinski definition) is 1. The number of rotatable bonds is 12. The van der Waals surface area contributed by atoms with Gasteiger partial charge in [0.15, 0.2) is 0 Å². The molecule has 5 rings (SSSR count).